The van der Waals surface area contributed by atoms with Crippen LogP contribution in [0.5, 0.6) is 0 Å². The summed E-state index contributed by atoms with van der Waals surface area (Å²) in [5, 5.41) is 3.03. The maximum atomic E-state index is 12.4. The molecule has 0 radical (unpaired) electrons. The van der Waals surface area contributed by atoms with Crippen LogP contribution in [0.1, 0.15) is 26.2 Å². The zero-order chi connectivity index (χ0) is 15.5. The standard InChI is InChI=1S/C16H27N3O3/c1-12-10-14(12)11-17-16(21)19-4-2-13(3-5-19)15(20)18-6-8-22-9-7-18/h12-14H,2-11H2,1H3,(H,17,21). The van der Waals surface area contributed by atoms with Crippen molar-refractivity contribution in [3.05, 3.63) is 0 Å². The van der Waals surface area contributed by atoms with Crippen LogP contribution in [0.4, 0.5) is 4.79 Å². The number of amides is 3. The zero-order valence-electron chi connectivity index (χ0n) is 13.4. The van der Waals surface area contributed by atoms with Crippen molar-refractivity contribution in [2.75, 3.05) is 45.9 Å². The Bertz CT molecular complexity index is 415. The van der Waals surface area contributed by atoms with Gasteiger partial charge in [0.25, 0.3) is 0 Å². The minimum Gasteiger partial charge on any atom is -0.378 e. The first-order valence-electron chi connectivity index (χ1n) is 8.54. The van der Waals surface area contributed by atoms with E-state index in [2.05, 4.69) is 12.2 Å². The summed E-state index contributed by atoms with van der Waals surface area (Å²) in [6.07, 6.45) is 2.79. The Morgan fingerprint density at radius 2 is 1.73 bits per heavy atom. The molecule has 0 aromatic heterocycles. The molecule has 2 unspecified atom stereocenters. The third-order valence-electron chi connectivity index (χ3n) is 5.25. The van der Waals surface area contributed by atoms with Crippen LogP contribution < -0.4 is 5.32 Å². The van der Waals surface area contributed by atoms with Gasteiger partial charge in [0.15, 0.2) is 0 Å². The molecule has 0 spiro atoms. The van der Waals surface area contributed by atoms with Crippen LogP contribution in [0.2, 0.25) is 0 Å². The number of nitrogens with one attached hydrogen (secondary N) is 1. The lowest BCUT2D eigenvalue weighted by Gasteiger charge is -2.35. The molecular weight excluding hydrogens is 282 g/mol. The number of ether oxygens (including phenoxy) is 1. The summed E-state index contributed by atoms with van der Waals surface area (Å²) in [7, 11) is 0. The highest BCUT2D eigenvalue weighted by Crippen LogP contribution is 2.36. The average molecular weight is 309 g/mol. The van der Waals surface area contributed by atoms with Gasteiger partial charge in [-0.3, -0.25) is 4.79 Å². The molecule has 22 heavy (non-hydrogen) atoms. The Morgan fingerprint density at radius 3 is 2.32 bits per heavy atom. The lowest BCUT2D eigenvalue weighted by molar-refractivity contribution is -0.141. The predicted molar refractivity (Wildman–Crippen MR) is 82.4 cm³/mol. The molecule has 3 amide bonds. The molecule has 0 aromatic rings. The highest BCUT2D eigenvalue weighted by Gasteiger charge is 2.34. The fourth-order valence-electron chi connectivity index (χ4n) is 3.39. The lowest BCUT2D eigenvalue weighted by atomic mass is 9.95. The molecule has 2 atom stereocenters. The van der Waals surface area contributed by atoms with Gasteiger partial charge < -0.3 is 19.9 Å². The van der Waals surface area contributed by atoms with Crippen molar-refractivity contribution in [2.45, 2.75) is 26.2 Å². The number of urea groups is 1. The van der Waals surface area contributed by atoms with E-state index in [0.717, 1.165) is 25.3 Å². The van der Waals surface area contributed by atoms with E-state index < -0.39 is 0 Å². The molecule has 0 aromatic carbocycles. The zero-order valence-corrected chi connectivity index (χ0v) is 13.4. The fraction of sp³-hybridized carbons (Fsp3) is 0.875. The van der Waals surface area contributed by atoms with Gasteiger partial charge in [-0.25, -0.2) is 4.79 Å². The minimum atomic E-state index is 0.0383. The van der Waals surface area contributed by atoms with Crippen molar-refractivity contribution in [3.63, 3.8) is 0 Å². The number of hydrogen-bond acceptors (Lipinski definition) is 3. The van der Waals surface area contributed by atoms with E-state index in [-0.39, 0.29) is 17.9 Å². The van der Waals surface area contributed by atoms with Crippen LogP contribution in [-0.4, -0.2) is 67.7 Å². The van der Waals surface area contributed by atoms with Crippen molar-refractivity contribution >= 4 is 11.9 Å². The SMILES string of the molecule is CC1CC1CNC(=O)N1CCC(C(=O)N2CCOCC2)CC1. The third-order valence-corrected chi connectivity index (χ3v) is 5.25. The average Bonchev–Trinajstić information content (AvgIpc) is 3.28. The van der Waals surface area contributed by atoms with Gasteiger partial charge in [0.2, 0.25) is 5.91 Å². The highest BCUT2D eigenvalue weighted by atomic mass is 16.5. The predicted octanol–water partition coefficient (Wildman–Crippen LogP) is 0.923. The van der Waals surface area contributed by atoms with Crippen LogP contribution in [0.25, 0.3) is 0 Å². The maximum Gasteiger partial charge on any atom is 0.317 e. The summed E-state index contributed by atoms with van der Waals surface area (Å²) in [5.74, 6) is 1.75. The Morgan fingerprint density at radius 1 is 1.09 bits per heavy atom. The van der Waals surface area contributed by atoms with Crippen LogP contribution in [-0.2, 0) is 9.53 Å². The second-order valence-corrected chi connectivity index (χ2v) is 6.86. The molecule has 3 aliphatic rings. The molecule has 3 fully saturated rings. The first kappa shape index (κ1) is 15.6. The number of likely N-dealkylation sites (tertiary alicyclic amines) is 1. The van der Waals surface area contributed by atoms with E-state index in [1.54, 1.807) is 0 Å². The van der Waals surface area contributed by atoms with Crippen molar-refractivity contribution < 1.29 is 14.3 Å². The minimum absolute atomic E-state index is 0.0383. The highest BCUT2D eigenvalue weighted by molar-refractivity contribution is 5.80. The van der Waals surface area contributed by atoms with Gasteiger partial charge in [-0.2, -0.15) is 0 Å². The fourth-order valence-corrected chi connectivity index (χ4v) is 3.39. The molecular formula is C16H27N3O3. The van der Waals surface area contributed by atoms with Gasteiger partial charge in [0.1, 0.15) is 0 Å². The molecule has 124 valence electrons. The van der Waals surface area contributed by atoms with E-state index >= 15 is 0 Å². The molecule has 1 N–H and O–H groups in total. The van der Waals surface area contributed by atoms with Crippen LogP contribution >= 0.6 is 0 Å². The number of carbonyl (C=O) groups is 2. The lowest BCUT2D eigenvalue weighted by Crippen LogP contribution is -2.49. The van der Waals surface area contributed by atoms with E-state index in [4.69, 9.17) is 4.74 Å². The number of nitrogens with zero attached hydrogens (tertiary/aromatic N) is 2. The van der Waals surface area contributed by atoms with Crippen molar-refractivity contribution in [2.24, 2.45) is 17.8 Å². The van der Waals surface area contributed by atoms with Crippen LogP contribution in [0.15, 0.2) is 0 Å². The summed E-state index contributed by atoms with van der Waals surface area (Å²) >= 11 is 0. The monoisotopic (exact) mass is 309 g/mol. The van der Waals surface area contributed by atoms with Gasteiger partial charge in [-0.05, 0) is 31.1 Å². The Balaban J connectivity index is 1.39. The van der Waals surface area contributed by atoms with E-state index in [1.165, 1.54) is 6.42 Å². The molecule has 2 saturated heterocycles. The van der Waals surface area contributed by atoms with E-state index in [9.17, 15) is 9.59 Å². The Labute approximate surface area is 132 Å². The molecule has 6 heteroatoms. The van der Waals surface area contributed by atoms with Gasteiger partial charge in [0, 0.05) is 38.6 Å². The Hall–Kier alpha value is -1.30. The smallest absolute Gasteiger partial charge is 0.317 e. The summed E-state index contributed by atoms with van der Waals surface area (Å²) < 4.78 is 5.29. The van der Waals surface area contributed by atoms with Crippen LogP contribution in [0, 0.1) is 17.8 Å². The van der Waals surface area contributed by atoms with Crippen molar-refractivity contribution in [1.29, 1.82) is 0 Å². The van der Waals surface area contributed by atoms with Crippen LogP contribution in [0.3, 0.4) is 0 Å². The Kier molecular flexibility index (Phi) is 4.86. The summed E-state index contributed by atoms with van der Waals surface area (Å²) in [6.45, 7) is 7.10. The number of piperidine rings is 1. The molecule has 2 aliphatic heterocycles. The van der Waals surface area contributed by atoms with Gasteiger partial charge >= 0.3 is 6.03 Å². The van der Waals surface area contributed by atoms with Crippen molar-refractivity contribution in [3.8, 4) is 0 Å². The number of hydrogen-bond donors (Lipinski definition) is 1. The molecule has 1 aliphatic carbocycles. The molecule has 6 nitrogen and oxygen atoms in total. The molecule has 1 saturated carbocycles. The molecule has 3 rings (SSSR count). The van der Waals surface area contributed by atoms with Gasteiger partial charge in [0.05, 0.1) is 13.2 Å². The molecule has 2 heterocycles. The third kappa shape index (κ3) is 3.72. The van der Waals surface area contributed by atoms with E-state index in [0.29, 0.717) is 45.3 Å². The second-order valence-electron chi connectivity index (χ2n) is 6.86. The second kappa shape index (κ2) is 6.86. The van der Waals surface area contributed by atoms with E-state index in [1.807, 2.05) is 9.80 Å². The van der Waals surface area contributed by atoms with Gasteiger partial charge in [-0.1, -0.05) is 6.92 Å². The van der Waals surface area contributed by atoms with Crippen molar-refractivity contribution in [1.82, 2.24) is 15.1 Å². The summed E-state index contributed by atoms with van der Waals surface area (Å²) in [5.41, 5.74) is 0. The maximum absolute atomic E-state index is 12.4. The summed E-state index contributed by atoms with van der Waals surface area (Å²) in [4.78, 5) is 28.3. The topological polar surface area (TPSA) is 61.9 Å². The number of carbonyl (C=O) groups excluding carboxylic acids is 2. The normalized spacial score (nSPS) is 29.3. The largest absolute Gasteiger partial charge is 0.378 e. The first-order chi connectivity index (χ1) is 10.6. The first-order valence-corrected chi connectivity index (χ1v) is 8.54. The summed E-state index contributed by atoms with van der Waals surface area (Å²) in [6, 6.07) is 0.0383. The molecule has 0 bridgehead atoms. The number of morpholine rings is 1. The van der Waals surface area contributed by atoms with Gasteiger partial charge in [-0.15, -0.1) is 0 Å². The number of rotatable bonds is 3. The quantitative estimate of drug-likeness (QED) is 0.843.